The molecule has 0 radical (unpaired) electrons. The van der Waals surface area contributed by atoms with Gasteiger partial charge >= 0.3 is 0 Å². The Labute approximate surface area is 321 Å². The van der Waals surface area contributed by atoms with Crippen LogP contribution in [0.15, 0.2) is 186 Å². The van der Waals surface area contributed by atoms with E-state index in [0.29, 0.717) is 5.95 Å². The van der Waals surface area contributed by atoms with Crippen LogP contribution in [-0.2, 0) is 0 Å². The molecule has 4 nitrogen and oxygen atoms in total. The summed E-state index contributed by atoms with van der Waals surface area (Å²) in [5.41, 5.74) is 7.65. The highest BCUT2D eigenvalue weighted by molar-refractivity contribution is 6.29. The number of para-hydroxylation sites is 1. The molecule has 56 heavy (non-hydrogen) atoms. The number of nitrogens with one attached hydrogen (secondary N) is 1. The second-order valence-electron chi connectivity index (χ2n) is 14.6. The van der Waals surface area contributed by atoms with E-state index in [0.717, 1.165) is 77.1 Å². The fourth-order valence-electron chi connectivity index (χ4n) is 8.91. The number of nitrogens with zero attached hydrogens (tertiary/aromatic N) is 2. The molecule has 0 amide bonds. The summed E-state index contributed by atoms with van der Waals surface area (Å²) < 4.78 is 6.23. The average molecular weight is 714 g/mol. The number of anilines is 2. The average Bonchev–Trinajstić information content (AvgIpc) is 3.64. The van der Waals surface area contributed by atoms with E-state index in [4.69, 9.17) is 14.4 Å². The van der Waals surface area contributed by atoms with E-state index in [2.05, 4.69) is 175 Å². The molecule has 2 aromatic heterocycles. The minimum atomic E-state index is 0.534. The van der Waals surface area contributed by atoms with Crippen molar-refractivity contribution in [2.75, 3.05) is 5.32 Å². The number of benzene rings is 10. The summed E-state index contributed by atoms with van der Waals surface area (Å²) in [6, 6.07) is 64.6. The first-order valence-electron chi connectivity index (χ1n) is 19.0. The maximum absolute atomic E-state index is 6.23. The van der Waals surface area contributed by atoms with E-state index < -0.39 is 0 Å². The van der Waals surface area contributed by atoms with Gasteiger partial charge in [-0.25, -0.2) is 9.97 Å². The first kappa shape index (κ1) is 30.9. The van der Waals surface area contributed by atoms with E-state index in [-0.39, 0.29) is 0 Å². The molecule has 0 saturated heterocycles. The van der Waals surface area contributed by atoms with Crippen LogP contribution in [0.2, 0.25) is 0 Å². The molecular weight excluding hydrogens is 683 g/mol. The van der Waals surface area contributed by atoms with Crippen molar-refractivity contribution in [2.24, 2.45) is 0 Å². The van der Waals surface area contributed by atoms with E-state index >= 15 is 0 Å². The van der Waals surface area contributed by atoms with Gasteiger partial charge in [0.15, 0.2) is 0 Å². The van der Waals surface area contributed by atoms with Crippen molar-refractivity contribution in [2.45, 2.75) is 0 Å². The molecule has 0 bridgehead atoms. The molecule has 0 aliphatic heterocycles. The van der Waals surface area contributed by atoms with Crippen LogP contribution in [0.1, 0.15) is 0 Å². The van der Waals surface area contributed by atoms with Gasteiger partial charge in [0.05, 0.1) is 11.2 Å². The smallest absolute Gasteiger partial charge is 0.228 e. The van der Waals surface area contributed by atoms with Gasteiger partial charge in [0.2, 0.25) is 5.95 Å². The lowest BCUT2D eigenvalue weighted by atomic mass is 9.88. The quantitative estimate of drug-likeness (QED) is 0.185. The number of fused-ring (bicyclic) bond motifs is 13. The van der Waals surface area contributed by atoms with Crippen molar-refractivity contribution in [3.05, 3.63) is 182 Å². The molecular formula is C52H31N3O. The van der Waals surface area contributed by atoms with Gasteiger partial charge in [0.25, 0.3) is 0 Å². The summed E-state index contributed by atoms with van der Waals surface area (Å²) in [6.07, 6.45) is 0. The first-order valence-corrected chi connectivity index (χ1v) is 19.0. The Hall–Kier alpha value is -7.56. The van der Waals surface area contributed by atoms with Crippen LogP contribution < -0.4 is 5.32 Å². The van der Waals surface area contributed by atoms with Crippen molar-refractivity contribution >= 4 is 98.3 Å². The van der Waals surface area contributed by atoms with Crippen molar-refractivity contribution in [1.82, 2.24) is 9.97 Å². The lowest BCUT2D eigenvalue weighted by Gasteiger charge is -2.18. The topological polar surface area (TPSA) is 51.0 Å². The Balaban J connectivity index is 1.12. The lowest BCUT2D eigenvalue weighted by molar-refractivity contribution is 0.669. The molecule has 260 valence electrons. The van der Waals surface area contributed by atoms with Gasteiger partial charge in [-0.15, -0.1) is 0 Å². The monoisotopic (exact) mass is 713 g/mol. The predicted octanol–water partition coefficient (Wildman–Crippen LogP) is 14.4. The number of hydrogen-bond donors (Lipinski definition) is 1. The molecule has 4 heteroatoms. The maximum Gasteiger partial charge on any atom is 0.228 e. The Morgan fingerprint density at radius 2 is 0.982 bits per heavy atom. The first-order chi connectivity index (χ1) is 27.7. The van der Waals surface area contributed by atoms with Crippen LogP contribution in [0.5, 0.6) is 0 Å². The highest BCUT2D eigenvalue weighted by Gasteiger charge is 2.19. The molecule has 1 N–H and O–H groups in total. The second-order valence-corrected chi connectivity index (χ2v) is 14.6. The Bertz CT molecular complexity index is 3540. The summed E-state index contributed by atoms with van der Waals surface area (Å²) in [6.45, 7) is 0. The molecule has 12 aromatic rings. The van der Waals surface area contributed by atoms with Crippen molar-refractivity contribution in [3.8, 4) is 22.4 Å². The zero-order valence-electron chi connectivity index (χ0n) is 30.1. The maximum atomic E-state index is 6.23. The molecule has 0 atom stereocenters. The Morgan fingerprint density at radius 3 is 1.77 bits per heavy atom. The number of hydrogen-bond acceptors (Lipinski definition) is 4. The molecule has 0 unspecified atom stereocenters. The van der Waals surface area contributed by atoms with Gasteiger partial charge in [-0.1, -0.05) is 140 Å². The molecule has 2 heterocycles. The van der Waals surface area contributed by atoms with Crippen LogP contribution in [0, 0.1) is 0 Å². The Kier molecular flexibility index (Phi) is 6.60. The molecule has 0 aliphatic rings. The van der Waals surface area contributed by atoms with Crippen LogP contribution in [0.25, 0.3) is 109 Å². The summed E-state index contributed by atoms with van der Waals surface area (Å²) in [5, 5.41) is 19.0. The number of furan rings is 1. The second kappa shape index (κ2) is 12.0. The van der Waals surface area contributed by atoms with Crippen molar-refractivity contribution in [3.63, 3.8) is 0 Å². The van der Waals surface area contributed by atoms with E-state index in [9.17, 15) is 0 Å². The molecule has 0 spiro atoms. The third-order valence-corrected chi connectivity index (χ3v) is 11.4. The largest absolute Gasteiger partial charge is 0.456 e. The van der Waals surface area contributed by atoms with Gasteiger partial charge in [0.1, 0.15) is 11.2 Å². The highest BCUT2D eigenvalue weighted by atomic mass is 16.3. The standard InChI is InChI=1S/C52H31N3O/c1-2-14-33-30-46(43(28-32(33)13-1)42-22-11-21-41-38-17-6-5-16-36(38)37-18-7-8-20-40(37)49(41)42)54-52-53-45-26-24-31-12-3-4-15-35(31)50(45)51(55-52)34-25-27-48-44(29-34)39-19-9-10-23-47(39)56-48/h1-30H,(H,53,54,55). The van der Waals surface area contributed by atoms with Crippen LogP contribution >= 0.6 is 0 Å². The van der Waals surface area contributed by atoms with E-state index in [1.54, 1.807) is 0 Å². The van der Waals surface area contributed by atoms with Crippen LogP contribution in [0.4, 0.5) is 11.6 Å². The van der Waals surface area contributed by atoms with Gasteiger partial charge in [-0.3, -0.25) is 0 Å². The zero-order chi connectivity index (χ0) is 36.7. The summed E-state index contributed by atoms with van der Waals surface area (Å²) >= 11 is 0. The highest BCUT2D eigenvalue weighted by Crippen LogP contribution is 2.44. The lowest BCUT2D eigenvalue weighted by Crippen LogP contribution is -2.02. The molecule has 0 fully saturated rings. The number of aromatic nitrogens is 2. The molecule has 0 aliphatic carbocycles. The SMILES string of the molecule is c1ccc2cc(-c3cccc4c5ccccc5c5ccccc5c34)c(Nc3nc(-c4ccc5oc6ccccc6c5c4)c4c(ccc5ccccc54)n3)cc2c1. The third-order valence-electron chi connectivity index (χ3n) is 11.4. The van der Waals surface area contributed by atoms with Crippen LogP contribution in [-0.4, -0.2) is 9.97 Å². The molecule has 12 rings (SSSR count). The van der Waals surface area contributed by atoms with Crippen LogP contribution in [0.3, 0.4) is 0 Å². The van der Waals surface area contributed by atoms with Gasteiger partial charge in [0, 0.05) is 33.0 Å². The predicted molar refractivity (Wildman–Crippen MR) is 235 cm³/mol. The third kappa shape index (κ3) is 4.66. The summed E-state index contributed by atoms with van der Waals surface area (Å²) in [7, 11) is 0. The van der Waals surface area contributed by atoms with Crippen molar-refractivity contribution in [1.29, 1.82) is 0 Å². The Morgan fingerprint density at radius 1 is 0.375 bits per heavy atom. The number of rotatable bonds is 4. The normalized spacial score (nSPS) is 11.9. The van der Waals surface area contributed by atoms with E-state index in [1.165, 1.54) is 37.7 Å². The zero-order valence-corrected chi connectivity index (χ0v) is 30.1. The van der Waals surface area contributed by atoms with Gasteiger partial charge in [-0.2, -0.15) is 0 Å². The minimum Gasteiger partial charge on any atom is -0.456 e. The summed E-state index contributed by atoms with van der Waals surface area (Å²) in [5.74, 6) is 0.534. The summed E-state index contributed by atoms with van der Waals surface area (Å²) in [4.78, 5) is 10.6. The van der Waals surface area contributed by atoms with Crippen molar-refractivity contribution < 1.29 is 4.42 Å². The molecule has 0 saturated carbocycles. The van der Waals surface area contributed by atoms with Gasteiger partial charge < -0.3 is 9.73 Å². The molecule has 10 aromatic carbocycles. The van der Waals surface area contributed by atoms with Gasteiger partial charge in [-0.05, 0) is 102 Å². The minimum absolute atomic E-state index is 0.534. The fourth-order valence-corrected chi connectivity index (χ4v) is 8.91. The van der Waals surface area contributed by atoms with E-state index in [1.807, 2.05) is 12.1 Å². The fraction of sp³-hybridized carbons (Fsp3) is 0.